The Morgan fingerprint density at radius 3 is 2.63 bits per heavy atom. The third kappa shape index (κ3) is 2.56. The van der Waals surface area contributed by atoms with Gasteiger partial charge in [0.2, 0.25) is 5.91 Å². The summed E-state index contributed by atoms with van der Waals surface area (Å²) in [7, 11) is 0. The number of amides is 2. The van der Waals surface area contributed by atoms with E-state index in [9.17, 15) is 14.0 Å². The molecule has 2 amide bonds. The van der Waals surface area contributed by atoms with Crippen LogP contribution in [0.25, 0.3) is 0 Å². The van der Waals surface area contributed by atoms with Gasteiger partial charge in [0.1, 0.15) is 11.9 Å². The maximum Gasteiger partial charge on any atom is 0.252 e. The highest BCUT2D eigenvalue weighted by Crippen LogP contribution is 2.28. The Morgan fingerprint density at radius 2 is 2.11 bits per heavy atom. The Hall–Kier alpha value is -1.62. The number of carbonyl (C=O) groups excluding carboxylic acids is 2. The monoisotopic (exact) mass is 284 g/mol. The fourth-order valence-electron chi connectivity index (χ4n) is 2.12. The number of carbonyl (C=O) groups is 2. The quantitative estimate of drug-likeness (QED) is 0.867. The van der Waals surface area contributed by atoms with Crippen molar-refractivity contribution in [2.24, 2.45) is 0 Å². The zero-order chi connectivity index (χ0) is 14.2. The average Bonchev–Trinajstić information content (AvgIpc) is 2.59. The van der Waals surface area contributed by atoms with Crippen LogP contribution in [0.3, 0.4) is 0 Å². The lowest BCUT2D eigenvalue weighted by atomic mass is 10.2. The summed E-state index contributed by atoms with van der Waals surface area (Å²) in [5, 5.41) is 2.91. The first kappa shape index (κ1) is 13.8. The molecular weight excluding hydrogens is 271 g/mol. The summed E-state index contributed by atoms with van der Waals surface area (Å²) in [6.07, 6.45) is 0.0156. The molecule has 1 fully saturated rings. The Labute approximate surface area is 115 Å². The Kier molecular flexibility index (Phi) is 3.75. The molecule has 1 heterocycles. The minimum Gasteiger partial charge on any atom is -0.370 e. The highest BCUT2D eigenvalue weighted by Gasteiger charge is 2.40. The topological polar surface area (TPSA) is 49.4 Å². The van der Waals surface area contributed by atoms with Crippen molar-refractivity contribution in [3.63, 3.8) is 0 Å². The van der Waals surface area contributed by atoms with Crippen LogP contribution in [-0.2, 0) is 9.59 Å². The molecule has 19 heavy (non-hydrogen) atoms. The molecule has 0 aromatic heterocycles. The molecule has 0 spiro atoms. The number of hydrogen-bond donors (Lipinski definition) is 1. The summed E-state index contributed by atoms with van der Waals surface area (Å²) in [6, 6.07) is 3.28. The number of benzene rings is 1. The van der Waals surface area contributed by atoms with Gasteiger partial charge in [-0.15, -0.1) is 0 Å². The van der Waals surface area contributed by atoms with Gasteiger partial charge in [0.15, 0.2) is 0 Å². The molecule has 6 heteroatoms. The van der Waals surface area contributed by atoms with Gasteiger partial charge in [-0.2, -0.15) is 0 Å². The van der Waals surface area contributed by atoms with E-state index in [0.717, 1.165) is 0 Å². The van der Waals surface area contributed by atoms with Crippen molar-refractivity contribution in [1.82, 2.24) is 4.90 Å². The molecule has 1 atom stereocenters. The largest absolute Gasteiger partial charge is 0.370 e. The van der Waals surface area contributed by atoms with Crippen LogP contribution in [0.2, 0.25) is 5.02 Å². The van der Waals surface area contributed by atoms with Gasteiger partial charge >= 0.3 is 0 Å². The first-order chi connectivity index (χ1) is 8.91. The van der Waals surface area contributed by atoms with Crippen LogP contribution in [0.1, 0.15) is 20.3 Å². The van der Waals surface area contributed by atoms with Crippen LogP contribution in [-0.4, -0.2) is 28.8 Å². The summed E-state index contributed by atoms with van der Waals surface area (Å²) in [6.45, 7) is 3.52. The average molecular weight is 285 g/mol. The first-order valence-corrected chi connectivity index (χ1v) is 6.36. The summed E-state index contributed by atoms with van der Waals surface area (Å²) in [4.78, 5) is 25.0. The maximum absolute atomic E-state index is 13.6. The van der Waals surface area contributed by atoms with Gasteiger partial charge in [0.25, 0.3) is 5.91 Å². The Balaban J connectivity index is 2.22. The number of likely N-dealkylation sites (tertiary alicyclic amines) is 1. The SMILES string of the molecule is CC(C)N1C(=O)CC(Nc2c(F)cccc2Cl)C1=O. The second-order valence-electron chi connectivity index (χ2n) is 4.69. The van der Waals surface area contributed by atoms with Crippen molar-refractivity contribution in [3.05, 3.63) is 29.0 Å². The smallest absolute Gasteiger partial charge is 0.252 e. The molecule has 1 aromatic rings. The van der Waals surface area contributed by atoms with E-state index in [1.165, 1.54) is 23.1 Å². The second-order valence-corrected chi connectivity index (χ2v) is 5.10. The molecule has 1 unspecified atom stereocenters. The molecule has 4 nitrogen and oxygen atoms in total. The number of halogens is 2. The first-order valence-electron chi connectivity index (χ1n) is 5.98. The third-order valence-corrected chi connectivity index (χ3v) is 3.30. The van der Waals surface area contributed by atoms with Crippen LogP contribution in [0, 0.1) is 5.82 Å². The lowest BCUT2D eigenvalue weighted by Gasteiger charge is -2.19. The van der Waals surface area contributed by atoms with Gasteiger partial charge in [-0.1, -0.05) is 17.7 Å². The highest BCUT2D eigenvalue weighted by atomic mass is 35.5. The fraction of sp³-hybridized carbons (Fsp3) is 0.385. The summed E-state index contributed by atoms with van der Waals surface area (Å²) >= 11 is 5.88. The van der Waals surface area contributed by atoms with E-state index in [0.29, 0.717) is 0 Å². The van der Waals surface area contributed by atoms with Crippen LogP contribution in [0.5, 0.6) is 0 Å². The van der Waals surface area contributed by atoms with Crippen LogP contribution >= 0.6 is 11.6 Å². The molecular formula is C13H14ClFN2O2. The third-order valence-electron chi connectivity index (χ3n) is 2.98. The standard InChI is InChI=1S/C13H14ClFN2O2/c1-7(2)17-11(18)6-10(13(17)19)16-12-8(14)4-3-5-9(12)15/h3-5,7,10,16H,6H2,1-2H3. The highest BCUT2D eigenvalue weighted by molar-refractivity contribution is 6.33. The van der Waals surface area contributed by atoms with Gasteiger partial charge in [0, 0.05) is 6.04 Å². The van der Waals surface area contributed by atoms with Gasteiger partial charge < -0.3 is 5.32 Å². The minimum absolute atomic E-state index is 0.0156. The molecule has 0 aliphatic carbocycles. The number of nitrogens with one attached hydrogen (secondary N) is 1. The summed E-state index contributed by atoms with van der Waals surface area (Å²) in [5.74, 6) is -1.15. The predicted molar refractivity (Wildman–Crippen MR) is 70.4 cm³/mol. The van der Waals surface area contributed by atoms with Crippen molar-refractivity contribution in [1.29, 1.82) is 0 Å². The van der Waals surface area contributed by atoms with Crippen LogP contribution in [0.4, 0.5) is 10.1 Å². The minimum atomic E-state index is -0.760. The zero-order valence-corrected chi connectivity index (χ0v) is 11.4. The number of nitrogens with zero attached hydrogens (tertiary/aromatic N) is 1. The molecule has 1 N–H and O–H groups in total. The van der Waals surface area contributed by atoms with Gasteiger partial charge in [0.05, 0.1) is 17.1 Å². The van der Waals surface area contributed by atoms with Gasteiger partial charge in [-0.05, 0) is 26.0 Å². The van der Waals surface area contributed by atoms with E-state index in [1.54, 1.807) is 13.8 Å². The van der Waals surface area contributed by atoms with Crippen LogP contribution < -0.4 is 5.32 Å². The summed E-state index contributed by atoms with van der Waals surface area (Å²) < 4.78 is 13.6. The number of imide groups is 1. The van der Waals surface area contributed by atoms with Crippen molar-refractivity contribution in [2.45, 2.75) is 32.4 Å². The lowest BCUT2D eigenvalue weighted by molar-refractivity contribution is -0.140. The van der Waals surface area contributed by atoms with E-state index in [-0.39, 0.29) is 35.0 Å². The predicted octanol–water partition coefficient (Wildman–Crippen LogP) is 2.43. The Bertz CT molecular complexity index is 513. The van der Waals surface area contributed by atoms with Crippen molar-refractivity contribution in [2.75, 3.05) is 5.32 Å². The van der Waals surface area contributed by atoms with E-state index in [4.69, 9.17) is 11.6 Å². The molecule has 1 aliphatic rings. The fourth-order valence-corrected chi connectivity index (χ4v) is 2.33. The van der Waals surface area contributed by atoms with E-state index < -0.39 is 11.9 Å². The second kappa shape index (κ2) is 5.17. The lowest BCUT2D eigenvalue weighted by Crippen LogP contribution is -2.39. The van der Waals surface area contributed by atoms with Crippen molar-refractivity contribution >= 4 is 29.1 Å². The number of anilines is 1. The normalized spacial score (nSPS) is 19.4. The van der Waals surface area contributed by atoms with Gasteiger partial charge in [-0.3, -0.25) is 14.5 Å². The molecule has 2 rings (SSSR count). The molecule has 1 saturated heterocycles. The Morgan fingerprint density at radius 1 is 1.42 bits per heavy atom. The molecule has 102 valence electrons. The van der Waals surface area contributed by atoms with Gasteiger partial charge in [-0.25, -0.2) is 4.39 Å². The molecule has 1 aliphatic heterocycles. The molecule has 0 saturated carbocycles. The molecule has 0 bridgehead atoms. The summed E-state index contributed by atoms with van der Waals surface area (Å²) in [5.41, 5.74) is 0.0564. The molecule has 0 radical (unpaired) electrons. The van der Waals surface area contributed by atoms with Crippen molar-refractivity contribution in [3.8, 4) is 0 Å². The number of rotatable bonds is 3. The van der Waals surface area contributed by atoms with E-state index in [1.807, 2.05) is 0 Å². The van der Waals surface area contributed by atoms with Crippen LogP contribution in [0.15, 0.2) is 18.2 Å². The zero-order valence-electron chi connectivity index (χ0n) is 10.6. The maximum atomic E-state index is 13.6. The molecule has 1 aromatic carbocycles. The van der Waals surface area contributed by atoms with Crippen molar-refractivity contribution < 1.29 is 14.0 Å². The van der Waals surface area contributed by atoms with E-state index in [2.05, 4.69) is 5.32 Å². The number of hydrogen-bond acceptors (Lipinski definition) is 3. The van der Waals surface area contributed by atoms with E-state index >= 15 is 0 Å². The number of para-hydroxylation sites is 1.